The van der Waals surface area contributed by atoms with Crippen molar-refractivity contribution in [1.29, 1.82) is 0 Å². The summed E-state index contributed by atoms with van der Waals surface area (Å²) >= 11 is 6.02. The highest BCUT2D eigenvalue weighted by atomic mass is 35.5. The van der Waals surface area contributed by atoms with Gasteiger partial charge in [-0.3, -0.25) is 4.79 Å². The summed E-state index contributed by atoms with van der Waals surface area (Å²) in [6.07, 6.45) is 3.92. The zero-order valence-corrected chi connectivity index (χ0v) is 19.1. The van der Waals surface area contributed by atoms with E-state index < -0.39 is 0 Å². The Morgan fingerprint density at radius 1 is 1.00 bits per heavy atom. The molecule has 1 amide bonds. The molecule has 4 aromatic rings. The van der Waals surface area contributed by atoms with Crippen LogP contribution in [0, 0.1) is 6.92 Å². The van der Waals surface area contributed by atoms with Crippen molar-refractivity contribution in [3.63, 3.8) is 0 Å². The third-order valence-corrected chi connectivity index (χ3v) is 6.02. The van der Waals surface area contributed by atoms with Crippen LogP contribution in [0.15, 0.2) is 67.0 Å². The summed E-state index contributed by atoms with van der Waals surface area (Å²) in [5.74, 6) is 1.37. The predicted molar refractivity (Wildman–Crippen MR) is 128 cm³/mol. The average Bonchev–Trinajstić information content (AvgIpc) is 3.27. The van der Waals surface area contributed by atoms with Gasteiger partial charge < -0.3 is 18.9 Å². The molecule has 168 valence electrons. The fraction of sp³-hybridized carbons (Fsp3) is 0.240. The fourth-order valence-corrected chi connectivity index (χ4v) is 4.24. The number of imidazole rings is 1. The first-order valence-electron chi connectivity index (χ1n) is 10.9. The van der Waals surface area contributed by atoms with Gasteiger partial charge >= 0.3 is 0 Å². The number of aryl methyl sites for hydroxylation is 1. The molecule has 7 nitrogen and oxygen atoms in total. The molecule has 1 saturated heterocycles. The molecule has 1 aliphatic heterocycles. The number of fused-ring (bicyclic) bond motifs is 1. The number of halogens is 1. The number of amides is 1. The van der Waals surface area contributed by atoms with Crippen molar-refractivity contribution >= 4 is 29.0 Å². The third-order valence-electron chi connectivity index (χ3n) is 5.81. The lowest BCUT2D eigenvalue weighted by molar-refractivity contribution is 0.0741. The Labute approximate surface area is 197 Å². The summed E-state index contributed by atoms with van der Waals surface area (Å²) in [5.41, 5.74) is 3.39. The van der Waals surface area contributed by atoms with E-state index in [-0.39, 0.29) is 5.91 Å². The molecular formula is C25H24ClN5O2. The van der Waals surface area contributed by atoms with Gasteiger partial charge in [0, 0.05) is 38.6 Å². The van der Waals surface area contributed by atoms with Crippen LogP contribution in [0.5, 0.6) is 5.75 Å². The summed E-state index contributed by atoms with van der Waals surface area (Å²) in [6, 6.07) is 17.0. The van der Waals surface area contributed by atoms with Gasteiger partial charge in [0.15, 0.2) is 0 Å². The van der Waals surface area contributed by atoms with Crippen molar-refractivity contribution < 1.29 is 9.53 Å². The summed E-state index contributed by atoms with van der Waals surface area (Å²) in [4.78, 5) is 26.3. The number of pyridine rings is 2. The number of rotatable bonds is 5. The molecule has 4 heterocycles. The van der Waals surface area contributed by atoms with Gasteiger partial charge in [0.05, 0.1) is 11.3 Å². The molecule has 0 aliphatic carbocycles. The van der Waals surface area contributed by atoms with Gasteiger partial charge in [0.25, 0.3) is 5.91 Å². The predicted octanol–water partition coefficient (Wildman–Crippen LogP) is 4.23. The highest BCUT2D eigenvalue weighted by molar-refractivity contribution is 6.29. The first-order valence-corrected chi connectivity index (χ1v) is 11.3. The van der Waals surface area contributed by atoms with Crippen molar-refractivity contribution in [3.05, 3.63) is 89.0 Å². The number of benzene rings is 1. The van der Waals surface area contributed by atoms with E-state index in [2.05, 4.69) is 14.9 Å². The highest BCUT2D eigenvalue weighted by Crippen LogP contribution is 2.23. The van der Waals surface area contributed by atoms with Gasteiger partial charge in [-0.25, -0.2) is 9.97 Å². The standard InChI is InChI=1S/C25H24ClN5O2/c1-18-6-5-11-31-16-19(27-24(18)31)17-33-21-8-3-2-7-20(21)25(32)30-14-12-29(13-15-30)23-10-4-9-22(26)28-23/h2-11,16H,12-15,17H2,1H3. The van der Waals surface area contributed by atoms with Crippen LogP contribution in [0.1, 0.15) is 21.6 Å². The Kier molecular flexibility index (Phi) is 5.88. The van der Waals surface area contributed by atoms with Crippen molar-refractivity contribution in [2.75, 3.05) is 31.1 Å². The van der Waals surface area contributed by atoms with Crippen molar-refractivity contribution in [2.45, 2.75) is 13.5 Å². The van der Waals surface area contributed by atoms with Crippen LogP contribution in [-0.4, -0.2) is 51.4 Å². The molecule has 0 saturated carbocycles. The molecule has 8 heteroatoms. The molecular weight excluding hydrogens is 438 g/mol. The Hall–Kier alpha value is -3.58. The van der Waals surface area contributed by atoms with Crippen LogP contribution < -0.4 is 9.64 Å². The Balaban J connectivity index is 1.26. The molecule has 0 radical (unpaired) electrons. The summed E-state index contributed by atoms with van der Waals surface area (Å²) in [5, 5.41) is 0.470. The molecule has 33 heavy (non-hydrogen) atoms. The van der Waals surface area contributed by atoms with Gasteiger partial charge in [-0.05, 0) is 42.8 Å². The molecule has 3 aromatic heterocycles. The quantitative estimate of drug-likeness (QED) is 0.416. The number of piperazine rings is 1. The maximum Gasteiger partial charge on any atom is 0.257 e. The Bertz CT molecular complexity index is 1300. The minimum atomic E-state index is -0.0323. The lowest BCUT2D eigenvalue weighted by atomic mass is 10.1. The first kappa shape index (κ1) is 21.3. The summed E-state index contributed by atoms with van der Waals surface area (Å²) in [7, 11) is 0. The largest absolute Gasteiger partial charge is 0.486 e. The van der Waals surface area contributed by atoms with Crippen LogP contribution in [-0.2, 0) is 6.61 Å². The lowest BCUT2D eigenvalue weighted by Gasteiger charge is -2.35. The van der Waals surface area contributed by atoms with Crippen molar-refractivity contribution in [1.82, 2.24) is 19.3 Å². The van der Waals surface area contributed by atoms with Gasteiger partial charge in [0.1, 0.15) is 29.0 Å². The highest BCUT2D eigenvalue weighted by Gasteiger charge is 2.25. The van der Waals surface area contributed by atoms with E-state index in [1.807, 2.05) is 77.1 Å². The number of nitrogens with zero attached hydrogens (tertiary/aromatic N) is 5. The molecule has 0 atom stereocenters. The second-order valence-electron chi connectivity index (χ2n) is 8.04. The number of para-hydroxylation sites is 1. The van der Waals surface area contributed by atoms with Crippen molar-refractivity contribution in [2.24, 2.45) is 0 Å². The van der Waals surface area contributed by atoms with Crippen LogP contribution >= 0.6 is 11.6 Å². The molecule has 1 fully saturated rings. The number of hydrogen-bond donors (Lipinski definition) is 0. The topological polar surface area (TPSA) is 63.0 Å². The molecule has 1 aliphatic rings. The Morgan fingerprint density at radius 2 is 1.82 bits per heavy atom. The SMILES string of the molecule is Cc1cccn2cc(COc3ccccc3C(=O)N3CCN(c4cccc(Cl)n4)CC3)nc12. The molecule has 0 bridgehead atoms. The third kappa shape index (κ3) is 4.50. The molecule has 5 rings (SSSR count). The normalized spacial score (nSPS) is 14.0. The fourth-order valence-electron chi connectivity index (χ4n) is 4.08. The van der Waals surface area contributed by atoms with E-state index >= 15 is 0 Å². The summed E-state index contributed by atoms with van der Waals surface area (Å²) < 4.78 is 8.04. The molecule has 0 N–H and O–H groups in total. The maximum absolute atomic E-state index is 13.3. The molecule has 0 spiro atoms. The minimum Gasteiger partial charge on any atom is -0.486 e. The van der Waals surface area contributed by atoms with Crippen molar-refractivity contribution in [3.8, 4) is 5.75 Å². The number of ether oxygens (including phenoxy) is 1. The van der Waals surface area contributed by atoms with Gasteiger partial charge in [-0.2, -0.15) is 0 Å². The molecule has 1 aromatic carbocycles. The molecule has 0 unspecified atom stereocenters. The number of carbonyl (C=O) groups excluding carboxylic acids is 1. The minimum absolute atomic E-state index is 0.0323. The number of anilines is 1. The smallest absolute Gasteiger partial charge is 0.257 e. The maximum atomic E-state index is 13.3. The number of hydrogen-bond acceptors (Lipinski definition) is 5. The number of aromatic nitrogens is 3. The van der Waals surface area contributed by atoms with E-state index in [0.717, 1.165) is 22.7 Å². The van der Waals surface area contributed by atoms with Crippen LogP contribution in [0.2, 0.25) is 5.15 Å². The van der Waals surface area contributed by atoms with E-state index in [1.54, 1.807) is 6.07 Å². The average molecular weight is 462 g/mol. The van der Waals surface area contributed by atoms with E-state index in [4.69, 9.17) is 16.3 Å². The van der Waals surface area contributed by atoms with Gasteiger partial charge in [0.2, 0.25) is 0 Å². The Morgan fingerprint density at radius 3 is 2.61 bits per heavy atom. The van der Waals surface area contributed by atoms with E-state index in [1.165, 1.54) is 0 Å². The summed E-state index contributed by atoms with van der Waals surface area (Å²) in [6.45, 7) is 4.92. The van der Waals surface area contributed by atoms with E-state index in [0.29, 0.717) is 49.3 Å². The lowest BCUT2D eigenvalue weighted by Crippen LogP contribution is -2.49. The van der Waals surface area contributed by atoms with Gasteiger partial charge in [-0.15, -0.1) is 0 Å². The van der Waals surface area contributed by atoms with E-state index in [9.17, 15) is 4.79 Å². The monoisotopic (exact) mass is 461 g/mol. The van der Waals surface area contributed by atoms with Crippen LogP contribution in [0.25, 0.3) is 5.65 Å². The van der Waals surface area contributed by atoms with Gasteiger partial charge in [-0.1, -0.05) is 35.9 Å². The first-order chi connectivity index (χ1) is 16.1. The zero-order chi connectivity index (χ0) is 22.8. The second-order valence-corrected chi connectivity index (χ2v) is 8.42. The zero-order valence-electron chi connectivity index (χ0n) is 18.3. The van der Waals surface area contributed by atoms with Crippen LogP contribution in [0.3, 0.4) is 0 Å². The second kappa shape index (κ2) is 9.11. The number of carbonyl (C=O) groups is 1. The van der Waals surface area contributed by atoms with Crippen LogP contribution in [0.4, 0.5) is 5.82 Å².